The lowest BCUT2D eigenvalue weighted by molar-refractivity contribution is -0.114. The number of carbonyl (C=O) groups is 2. The topological polar surface area (TPSA) is 102 Å². The van der Waals surface area contributed by atoms with E-state index >= 15 is 0 Å². The van der Waals surface area contributed by atoms with Crippen LogP contribution in [-0.4, -0.2) is 39.8 Å². The van der Waals surface area contributed by atoms with Gasteiger partial charge < -0.3 is 15.4 Å². The van der Waals surface area contributed by atoms with E-state index in [0.29, 0.717) is 40.6 Å². The number of carbonyl (C=O) groups excluding carboxylic acids is 2. The Kier molecular flexibility index (Phi) is 6.87. The molecular formula is C23H24N4O4S. The number of nitrogens with one attached hydrogen (secondary N) is 2. The minimum atomic E-state index is -0.214. The number of benzene rings is 2. The average Bonchev–Trinajstić information content (AvgIpc) is 3.29. The number of nitrogens with zero attached hydrogens (tertiary/aromatic N) is 2. The number of aromatic nitrogens is 2. The number of para-hydroxylation sites is 1. The summed E-state index contributed by atoms with van der Waals surface area (Å²) in [5.74, 6) is -0.271. The molecule has 9 heteroatoms. The fraction of sp³-hybridized carbons (Fsp3) is 0.304. The lowest BCUT2D eigenvalue weighted by Crippen LogP contribution is -2.29. The van der Waals surface area contributed by atoms with Crippen LogP contribution in [0.3, 0.4) is 0 Å². The third kappa shape index (κ3) is 5.35. The summed E-state index contributed by atoms with van der Waals surface area (Å²) in [6.07, 6.45) is 1.86. The van der Waals surface area contributed by atoms with Gasteiger partial charge in [-0.3, -0.25) is 19.0 Å². The smallest absolute Gasteiger partial charge is 0.262 e. The van der Waals surface area contributed by atoms with Crippen molar-refractivity contribution in [2.24, 2.45) is 0 Å². The Balaban J connectivity index is 1.48. The minimum Gasteiger partial charge on any atom is -0.376 e. The summed E-state index contributed by atoms with van der Waals surface area (Å²) in [5, 5.41) is 6.56. The van der Waals surface area contributed by atoms with Crippen molar-refractivity contribution in [3.63, 3.8) is 0 Å². The van der Waals surface area contributed by atoms with Gasteiger partial charge in [-0.2, -0.15) is 0 Å². The molecule has 0 saturated carbocycles. The van der Waals surface area contributed by atoms with E-state index in [4.69, 9.17) is 4.74 Å². The average molecular weight is 453 g/mol. The van der Waals surface area contributed by atoms with Gasteiger partial charge in [0.2, 0.25) is 11.8 Å². The molecule has 2 amide bonds. The molecule has 1 unspecified atom stereocenters. The molecule has 1 aliphatic rings. The molecule has 2 heterocycles. The van der Waals surface area contributed by atoms with Crippen molar-refractivity contribution in [2.45, 2.75) is 37.6 Å². The highest BCUT2D eigenvalue weighted by Crippen LogP contribution is 2.21. The van der Waals surface area contributed by atoms with Crippen molar-refractivity contribution in [2.75, 3.05) is 23.0 Å². The number of hydrogen-bond acceptors (Lipinski definition) is 6. The maximum Gasteiger partial charge on any atom is 0.262 e. The Bertz CT molecular complexity index is 1190. The zero-order chi connectivity index (χ0) is 22.5. The van der Waals surface area contributed by atoms with Crippen LogP contribution in [0.5, 0.6) is 0 Å². The number of rotatable bonds is 7. The zero-order valence-electron chi connectivity index (χ0n) is 17.7. The number of hydrogen-bond donors (Lipinski definition) is 2. The molecule has 166 valence electrons. The zero-order valence-corrected chi connectivity index (χ0v) is 18.5. The Morgan fingerprint density at radius 1 is 1.12 bits per heavy atom. The van der Waals surface area contributed by atoms with Crippen LogP contribution in [0.4, 0.5) is 11.4 Å². The molecule has 0 bridgehead atoms. The lowest BCUT2D eigenvalue weighted by Gasteiger charge is -2.16. The van der Waals surface area contributed by atoms with Crippen LogP contribution in [-0.2, 0) is 20.9 Å². The van der Waals surface area contributed by atoms with E-state index < -0.39 is 0 Å². The summed E-state index contributed by atoms with van der Waals surface area (Å²) < 4.78 is 7.34. The van der Waals surface area contributed by atoms with E-state index in [-0.39, 0.29) is 29.2 Å². The Hall–Kier alpha value is -3.17. The normalized spacial score (nSPS) is 15.6. The summed E-state index contributed by atoms with van der Waals surface area (Å²) >= 11 is 1.23. The third-order valence-corrected chi connectivity index (χ3v) is 6.03. The van der Waals surface area contributed by atoms with Gasteiger partial charge in [0.05, 0.1) is 29.3 Å². The van der Waals surface area contributed by atoms with E-state index in [2.05, 4.69) is 15.6 Å². The van der Waals surface area contributed by atoms with Crippen molar-refractivity contribution >= 4 is 45.9 Å². The second-order valence-corrected chi connectivity index (χ2v) is 8.50. The first-order chi connectivity index (χ1) is 15.5. The van der Waals surface area contributed by atoms with E-state index in [1.807, 2.05) is 12.1 Å². The fourth-order valence-corrected chi connectivity index (χ4v) is 4.39. The van der Waals surface area contributed by atoms with Crippen LogP contribution in [0, 0.1) is 0 Å². The summed E-state index contributed by atoms with van der Waals surface area (Å²) in [5.41, 5.74) is 1.76. The summed E-state index contributed by atoms with van der Waals surface area (Å²) in [6.45, 7) is 2.56. The number of fused-ring (bicyclic) bond motifs is 1. The number of ether oxygens (including phenoxy) is 1. The standard InChI is InChI=1S/C23H24N4O4S/c1-15(28)24-16-8-10-17(11-9-16)25-21(29)14-32-23-26-20-7-3-2-6-19(20)22(30)27(23)13-18-5-4-12-31-18/h2-3,6-11,18H,4-5,12-14H2,1H3,(H,24,28)(H,25,29). The Morgan fingerprint density at radius 3 is 2.53 bits per heavy atom. The first kappa shape index (κ1) is 22.0. The SMILES string of the molecule is CC(=O)Nc1ccc(NC(=O)CSc2nc3ccccc3c(=O)n2CC2CCCO2)cc1. The number of amides is 2. The van der Waals surface area contributed by atoms with Gasteiger partial charge in [0.1, 0.15) is 0 Å². The minimum absolute atomic E-state index is 0.0223. The van der Waals surface area contributed by atoms with Gasteiger partial charge >= 0.3 is 0 Å². The Labute approximate surface area is 189 Å². The Morgan fingerprint density at radius 2 is 1.84 bits per heavy atom. The van der Waals surface area contributed by atoms with E-state index in [9.17, 15) is 14.4 Å². The van der Waals surface area contributed by atoms with E-state index in [0.717, 1.165) is 12.8 Å². The van der Waals surface area contributed by atoms with Crippen molar-refractivity contribution in [1.82, 2.24) is 9.55 Å². The van der Waals surface area contributed by atoms with Crippen LogP contribution < -0.4 is 16.2 Å². The molecule has 0 aliphatic carbocycles. The largest absolute Gasteiger partial charge is 0.376 e. The molecular weight excluding hydrogens is 428 g/mol. The molecule has 2 N–H and O–H groups in total. The highest BCUT2D eigenvalue weighted by atomic mass is 32.2. The summed E-state index contributed by atoms with van der Waals surface area (Å²) in [6, 6.07) is 14.1. The van der Waals surface area contributed by atoms with Gasteiger partial charge in [-0.1, -0.05) is 23.9 Å². The second-order valence-electron chi connectivity index (χ2n) is 7.56. The molecule has 2 aromatic carbocycles. The molecule has 32 heavy (non-hydrogen) atoms. The van der Waals surface area contributed by atoms with Crippen molar-refractivity contribution in [3.05, 3.63) is 58.9 Å². The van der Waals surface area contributed by atoms with Crippen LogP contribution in [0.1, 0.15) is 19.8 Å². The molecule has 1 atom stereocenters. The first-order valence-corrected chi connectivity index (χ1v) is 11.4. The third-order valence-electron chi connectivity index (χ3n) is 5.06. The maximum absolute atomic E-state index is 13.1. The van der Waals surface area contributed by atoms with Gasteiger partial charge in [-0.25, -0.2) is 4.98 Å². The van der Waals surface area contributed by atoms with Crippen LogP contribution in [0.15, 0.2) is 58.5 Å². The second kappa shape index (κ2) is 9.97. The molecule has 1 saturated heterocycles. The molecule has 8 nitrogen and oxygen atoms in total. The maximum atomic E-state index is 13.1. The van der Waals surface area contributed by atoms with Crippen molar-refractivity contribution in [3.8, 4) is 0 Å². The van der Waals surface area contributed by atoms with Gasteiger partial charge in [-0.05, 0) is 49.2 Å². The lowest BCUT2D eigenvalue weighted by atomic mass is 10.2. The molecule has 0 radical (unpaired) electrons. The van der Waals surface area contributed by atoms with Gasteiger partial charge in [0.15, 0.2) is 5.16 Å². The first-order valence-electron chi connectivity index (χ1n) is 10.4. The number of anilines is 2. The summed E-state index contributed by atoms with van der Waals surface area (Å²) in [7, 11) is 0. The molecule has 1 fully saturated rings. The van der Waals surface area contributed by atoms with E-state index in [1.54, 1.807) is 41.0 Å². The van der Waals surface area contributed by atoms with E-state index in [1.165, 1.54) is 18.7 Å². The molecule has 3 aromatic rings. The predicted molar refractivity (Wildman–Crippen MR) is 125 cm³/mol. The fourth-order valence-electron chi connectivity index (χ4n) is 3.58. The van der Waals surface area contributed by atoms with Crippen molar-refractivity contribution < 1.29 is 14.3 Å². The monoisotopic (exact) mass is 452 g/mol. The van der Waals surface area contributed by atoms with Gasteiger partial charge in [-0.15, -0.1) is 0 Å². The van der Waals surface area contributed by atoms with Crippen LogP contribution in [0.25, 0.3) is 10.9 Å². The molecule has 1 aliphatic heterocycles. The predicted octanol–water partition coefficient (Wildman–Crippen LogP) is 3.26. The quantitative estimate of drug-likeness (QED) is 0.421. The highest BCUT2D eigenvalue weighted by molar-refractivity contribution is 7.99. The highest BCUT2D eigenvalue weighted by Gasteiger charge is 2.20. The van der Waals surface area contributed by atoms with Gasteiger partial charge in [0.25, 0.3) is 5.56 Å². The summed E-state index contributed by atoms with van der Waals surface area (Å²) in [4.78, 5) is 41.4. The van der Waals surface area contributed by atoms with Crippen molar-refractivity contribution in [1.29, 1.82) is 0 Å². The molecule has 4 rings (SSSR count). The van der Waals surface area contributed by atoms with Gasteiger partial charge in [0, 0.05) is 24.9 Å². The molecule has 0 spiro atoms. The molecule has 1 aromatic heterocycles. The van der Waals surface area contributed by atoms with Crippen LogP contribution in [0.2, 0.25) is 0 Å². The number of thioether (sulfide) groups is 1. The van der Waals surface area contributed by atoms with Crippen LogP contribution >= 0.6 is 11.8 Å².